The van der Waals surface area contributed by atoms with Crippen LogP contribution in [0.15, 0.2) is 78.9 Å². The zero-order chi connectivity index (χ0) is 21.0. The molecule has 0 spiro atoms. The second-order valence-electron chi connectivity index (χ2n) is 8.02. The van der Waals surface area contributed by atoms with Crippen LogP contribution in [0.25, 0.3) is 0 Å². The summed E-state index contributed by atoms with van der Waals surface area (Å²) in [5.74, 6) is -0.542. The summed E-state index contributed by atoms with van der Waals surface area (Å²) in [6, 6.07) is 24.3. The van der Waals surface area contributed by atoms with Crippen molar-refractivity contribution < 1.29 is 14.2 Å². The van der Waals surface area contributed by atoms with Gasteiger partial charge in [-0.3, -0.25) is 4.90 Å². The number of hydrogen-bond acceptors (Lipinski definition) is 3. The van der Waals surface area contributed by atoms with Gasteiger partial charge in [0.15, 0.2) is 0 Å². The predicted molar refractivity (Wildman–Crippen MR) is 117 cm³/mol. The molecule has 0 bridgehead atoms. The van der Waals surface area contributed by atoms with Crippen LogP contribution in [0, 0.1) is 12.7 Å². The first-order valence-electron chi connectivity index (χ1n) is 10.5. The molecule has 3 nitrogen and oxygen atoms in total. The van der Waals surface area contributed by atoms with Crippen molar-refractivity contribution in [2.45, 2.75) is 18.4 Å². The Kier molecular flexibility index (Phi) is 6.28. The second-order valence-corrected chi connectivity index (χ2v) is 8.02. The first kappa shape index (κ1) is 20.7. The van der Waals surface area contributed by atoms with E-state index in [0.717, 1.165) is 29.8 Å². The molecule has 0 radical (unpaired) electrons. The molecule has 4 heteroatoms. The largest absolute Gasteiger partial charge is 0.380 e. The fourth-order valence-corrected chi connectivity index (χ4v) is 4.29. The van der Waals surface area contributed by atoms with Gasteiger partial charge >= 0.3 is 0 Å². The molecule has 0 unspecified atom stereocenters. The SMILES string of the molecule is Cc1ccc([C@](O)(c2ccc(F)cc2)[C@H](CN2CCOCC2)c2ccccc2)cc1. The van der Waals surface area contributed by atoms with E-state index in [1.165, 1.54) is 12.1 Å². The molecule has 0 amide bonds. The van der Waals surface area contributed by atoms with Crippen LogP contribution in [0.3, 0.4) is 0 Å². The molecular weight excluding hydrogens is 377 g/mol. The van der Waals surface area contributed by atoms with E-state index in [9.17, 15) is 9.50 Å². The molecule has 0 saturated carbocycles. The van der Waals surface area contributed by atoms with Gasteiger partial charge in [0.1, 0.15) is 11.4 Å². The lowest BCUT2D eigenvalue weighted by Crippen LogP contribution is -2.45. The smallest absolute Gasteiger partial charge is 0.123 e. The van der Waals surface area contributed by atoms with E-state index < -0.39 is 5.60 Å². The third-order valence-electron chi connectivity index (χ3n) is 6.03. The number of aryl methyl sites for hydroxylation is 1. The minimum atomic E-state index is -1.30. The van der Waals surface area contributed by atoms with Crippen LogP contribution < -0.4 is 0 Å². The second kappa shape index (κ2) is 9.09. The van der Waals surface area contributed by atoms with Crippen molar-refractivity contribution in [3.05, 3.63) is 107 Å². The van der Waals surface area contributed by atoms with Gasteiger partial charge in [-0.2, -0.15) is 0 Å². The van der Waals surface area contributed by atoms with Crippen molar-refractivity contribution in [3.8, 4) is 0 Å². The minimum absolute atomic E-state index is 0.232. The van der Waals surface area contributed by atoms with Crippen LogP contribution in [0.5, 0.6) is 0 Å². The maximum atomic E-state index is 13.7. The summed E-state index contributed by atoms with van der Waals surface area (Å²) < 4.78 is 19.2. The van der Waals surface area contributed by atoms with E-state index in [2.05, 4.69) is 17.0 Å². The monoisotopic (exact) mass is 405 g/mol. The van der Waals surface area contributed by atoms with Gasteiger partial charge in [-0.25, -0.2) is 4.39 Å². The number of halogens is 1. The van der Waals surface area contributed by atoms with Crippen molar-refractivity contribution >= 4 is 0 Å². The maximum absolute atomic E-state index is 13.7. The molecule has 1 N–H and O–H groups in total. The molecule has 1 aliphatic heterocycles. The first-order chi connectivity index (χ1) is 14.6. The van der Waals surface area contributed by atoms with Crippen LogP contribution in [-0.4, -0.2) is 42.9 Å². The van der Waals surface area contributed by atoms with Crippen LogP contribution >= 0.6 is 0 Å². The Hall–Kier alpha value is -2.53. The quantitative estimate of drug-likeness (QED) is 0.656. The van der Waals surface area contributed by atoms with Crippen molar-refractivity contribution in [3.63, 3.8) is 0 Å². The Morgan fingerprint density at radius 2 is 1.47 bits per heavy atom. The maximum Gasteiger partial charge on any atom is 0.123 e. The molecule has 1 aliphatic rings. The zero-order valence-corrected chi connectivity index (χ0v) is 17.3. The van der Waals surface area contributed by atoms with Gasteiger partial charge in [-0.15, -0.1) is 0 Å². The summed E-state index contributed by atoms with van der Waals surface area (Å²) >= 11 is 0. The zero-order valence-electron chi connectivity index (χ0n) is 17.3. The molecule has 3 aromatic carbocycles. The highest BCUT2D eigenvalue weighted by molar-refractivity contribution is 5.43. The van der Waals surface area contributed by atoms with Crippen molar-refractivity contribution in [2.24, 2.45) is 0 Å². The average molecular weight is 406 g/mol. The summed E-state index contributed by atoms with van der Waals surface area (Å²) in [5.41, 5.74) is 2.37. The molecule has 1 saturated heterocycles. The lowest BCUT2D eigenvalue weighted by atomic mass is 9.72. The Morgan fingerprint density at radius 3 is 2.07 bits per heavy atom. The van der Waals surface area contributed by atoms with Gasteiger partial charge in [0.05, 0.1) is 13.2 Å². The van der Waals surface area contributed by atoms with Gasteiger partial charge < -0.3 is 9.84 Å². The van der Waals surface area contributed by atoms with Gasteiger partial charge in [0.25, 0.3) is 0 Å². The third-order valence-corrected chi connectivity index (χ3v) is 6.03. The summed E-state index contributed by atoms with van der Waals surface area (Å²) in [6.07, 6.45) is 0. The van der Waals surface area contributed by atoms with Gasteiger partial charge in [-0.1, -0.05) is 72.3 Å². The topological polar surface area (TPSA) is 32.7 Å². The first-order valence-corrected chi connectivity index (χ1v) is 10.5. The molecule has 1 fully saturated rings. The normalized spacial score (nSPS) is 18.0. The highest BCUT2D eigenvalue weighted by atomic mass is 19.1. The number of hydrogen-bond donors (Lipinski definition) is 1. The highest BCUT2D eigenvalue weighted by Gasteiger charge is 2.42. The number of nitrogens with zero attached hydrogens (tertiary/aromatic N) is 1. The highest BCUT2D eigenvalue weighted by Crippen LogP contribution is 2.43. The Balaban J connectivity index is 1.85. The molecule has 156 valence electrons. The number of aliphatic hydroxyl groups is 1. The van der Waals surface area contributed by atoms with E-state index in [0.29, 0.717) is 25.3 Å². The van der Waals surface area contributed by atoms with E-state index in [1.807, 2.05) is 49.4 Å². The van der Waals surface area contributed by atoms with E-state index >= 15 is 0 Å². The van der Waals surface area contributed by atoms with E-state index in [4.69, 9.17) is 4.74 Å². The van der Waals surface area contributed by atoms with Crippen LogP contribution in [0.4, 0.5) is 4.39 Å². The lowest BCUT2D eigenvalue weighted by molar-refractivity contribution is 0.000740. The molecular formula is C26H28FNO2. The van der Waals surface area contributed by atoms with Crippen molar-refractivity contribution in [1.29, 1.82) is 0 Å². The summed E-state index contributed by atoms with van der Waals surface area (Å²) in [5, 5.41) is 12.4. The molecule has 1 heterocycles. The third kappa shape index (κ3) is 4.31. The summed E-state index contributed by atoms with van der Waals surface area (Å²) in [4.78, 5) is 2.34. The standard InChI is InChI=1S/C26H28FNO2/c1-20-7-9-22(10-8-20)26(29,23-11-13-24(27)14-12-23)25(21-5-3-2-4-6-21)19-28-15-17-30-18-16-28/h2-14,25,29H,15-19H2,1H3/t25-,26+/m1/s1. The summed E-state index contributed by atoms with van der Waals surface area (Å²) in [7, 11) is 0. The van der Waals surface area contributed by atoms with Crippen LogP contribution in [0.1, 0.15) is 28.2 Å². The van der Waals surface area contributed by atoms with Crippen molar-refractivity contribution in [2.75, 3.05) is 32.8 Å². The van der Waals surface area contributed by atoms with Gasteiger partial charge in [-0.05, 0) is 35.7 Å². The molecule has 0 aromatic heterocycles. The lowest BCUT2D eigenvalue weighted by Gasteiger charge is -2.41. The number of rotatable bonds is 6. The molecule has 4 rings (SSSR count). The molecule has 2 atom stereocenters. The molecule has 0 aliphatic carbocycles. The number of ether oxygens (including phenoxy) is 1. The van der Waals surface area contributed by atoms with E-state index in [-0.39, 0.29) is 11.7 Å². The predicted octanol–water partition coefficient (Wildman–Crippen LogP) is 4.49. The molecule has 30 heavy (non-hydrogen) atoms. The van der Waals surface area contributed by atoms with Crippen molar-refractivity contribution in [1.82, 2.24) is 4.90 Å². The molecule has 3 aromatic rings. The van der Waals surface area contributed by atoms with Crippen LogP contribution in [-0.2, 0) is 10.3 Å². The fraction of sp³-hybridized carbons (Fsp3) is 0.308. The van der Waals surface area contributed by atoms with Gasteiger partial charge in [0, 0.05) is 25.6 Å². The Morgan fingerprint density at radius 1 is 0.900 bits per heavy atom. The minimum Gasteiger partial charge on any atom is -0.380 e. The average Bonchev–Trinajstić information content (AvgIpc) is 2.79. The summed E-state index contributed by atoms with van der Waals surface area (Å²) in [6.45, 7) is 5.76. The Labute approximate surface area is 177 Å². The number of morpholine rings is 1. The Bertz CT molecular complexity index is 890. The van der Waals surface area contributed by atoms with Crippen LogP contribution in [0.2, 0.25) is 0 Å². The number of benzene rings is 3. The fourth-order valence-electron chi connectivity index (χ4n) is 4.29. The van der Waals surface area contributed by atoms with Gasteiger partial charge in [0.2, 0.25) is 0 Å². The van der Waals surface area contributed by atoms with E-state index in [1.54, 1.807) is 12.1 Å².